The molecule has 0 spiro atoms. The number of halogens is 1. The number of fused-ring (bicyclic) bond motifs is 3. The van der Waals surface area contributed by atoms with Crippen molar-refractivity contribution in [2.75, 3.05) is 19.6 Å². The number of aromatic amines is 2. The van der Waals surface area contributed by atoms with E-state index in [1.807, 2.05) is 80.4 Å². The molecule has 0 saturated carbocycles. The Kier molecular flexibility index (Phi) is 7.32. The second kappa shape index (κ2) is 11.4. The fourth-order valence-corrected chi connectivity index (χ4v) is 6.89. The molecule has 1 fully saturated rings. The molecule has 7 rings (SSSR count). The molecule has 0 aliphatic carbocycles. The number of aryl methyl sites for hydroxylation is 3. The van der Waals surface area contributed by atoms with Gasteiger partial charge in [-0.15, -0.1) is 0 Å². The number of likely N-dealkylation sites (tertiary alicyclic amines) is 1. The van der Waals surface area contributed by atoms with Crippen molar-refractivity contribution in [3.05, 3.63) is 103 Å². The Morgan fingerprint density at radius 1 is 0.651 bits per heavy atom. The number of piperidine rings is 1. The van der Waals surface area contributed by atoms with Crippen molar-refractivity contribution in [2.45, 2.75) is 51.4 Å². The van der Waals surface area contributed by atoms with Gasteiger partial charge in [0.25, 0.3) is 0 Å². The molecule has 0 bridgehead atoms. The Hall–Kier alpha value is -4.28. The number of nitrogens with zero attached hydrogens (tertiary/aromatic N) is 5. The average Bonchev–Trinajstić information content (AvgIpc) is 3.61. The molecule has 1 saturated heterocycles. The van der Waals surface area contributed by atoms with Crippen molar-refractivity contribution in [1.82, 2.24) is 33.1 Å². The third-order valence-corrected chi connectivity index (χ3v) is 9.06. The largest absolute Gasteiger partial charge is 0.329 e. The molecule has 3 aromatic carbocycles. The number of rotatable bonds is 9. The normalized spacial score (nSPS) is 14.9. The van der Waals surface area contributed by atoms with Crippen molar-refractivity contribution < 1.29 is 0 Å². The quantitative estimate of drug-likeness (QED) is 0.254. The van der Waals surface area contributed by atoms with Gasteiger partial charge in [0.15, 0.2) is 0 Å². The molecule has 11 heteroatoms. The molecule has 0 atom stereocenters. The van der Waals surface area contributed by atoms with Crippen molar-refractivity contribution >= 4 is 44.7 Å². The smallest absolute Gasteiger partial charge is 0.306 e. The maximum Gasteiger partial charge on any atom is 0.329 e. The highest BCUT2D eigenvalue weighted by Gasteiger charge is 2.25. The van der Waals surface area contributed by atoms with Gasteiger partial charge in [-0.25, -0.2) is 14.4 Å². The lowest BCUT2D eigenvalue weighted by Gasteiger charge is -2.32. The summed E-state index contributed by atoms with van der Waals surface area (Å²) in [6, 6.07) is 21.2. The third kappa shape index (κ3) is 5.14. The van der Waals surface area contributed by atoms with Gasteiger partial charge >= 0.3 is 17.1 Å². The molecule has 2 N–H and O–H groups in total. The van der Waals surface area contributed by atoms with Crippen LogP contribution < -0.4 is 17.1 Å². The SMILES string of the molecule is O=c1[nH]c2ccccc2n1CCCN1CCC(n2c(=O)n(CCCn3c(=O)[nH]c4ccccc43)c3cc(Cl)ccc32)CC1. The zero-order chi connectivity index (χ0) is 29.5. The number of H-pyrrole nitrogens is 2. The van der Waals surface area contributed by atoms with E-state index in [1.165, 1.54) is 0 Å². The lowest BCUT2D eigenvalue weighted by atomic mass is 10.0. The van der Waals surface area contributed by atoms with Gasteiger partial charge in [0.1, 0.15) is 0 Å². The van der Waals surface area contributed by atoms with Gasteiger partial charge in [0.05, 0.1) is 33.1 Å². The highest BCUT2D eigenvalue weighted by atomic mass is 35.5. The molecule has 3 aromatic heterocycles. The maximum absolute atomic E-state index is 13.9. The van der Waals surface area contributed by atoms with Crippen LogP contribution >= 0.6 is 11.6 Å². The van der Waals surface area contributed by atoms with Crippen LogP contribution in [0.5, 0.6) is 0 Å². The molecule has 1 aliphatic rings. The summed E-state index contributed by atoms with van der Waals surface area (Å²) in [7, 11) is 0. The molecule has 0 amide bonds. The maximum atomic E-state index is 13.9. The van der Waals surface area contributed by atoms with Crippen LogP contribution in [0.3, 0.4) is 0 Å². The van der Waals surface area contributed by atoms with E-state index < -0.39 is 0 Å². The Morgan fingerprint density at radius 2 is 1.21 bits per heavy atom. The molecule has 6 aromatic rings. The number of benzene rings is 3. The molecule has 0 radical (unpaired) electrons. The number of hydrogen-bond acceptors (Lipinski definition) is 4. The summed E-state index contributed by atoms with van der Waals surface area (Å²) in [5.41, 5.74) is 4.98. The van der Waals surface area contributed by atoms with Gasteiger partial charge in [-0.2, -0.15) is 0 Å². The number of hydrogen-bond donors (Lipinski definition) is 2. The van der Waals surface area contributed by atoms with Gasteiger partial charge < -0.3 is 14.9 Å². The van der Waals surface area contributed by atoms with E-state index in [1.54, 1.807) is 4.57 Å². The first-order chi connectivity index (χ1) is 21.0. The van der Waals surface area contributed by atoms with Crippen LogP contribution in [-0.4, -0.2) is 52.8 Å². The van der Waals surface area contributed by atoms with Crippen molar-refractivity contribution in [3.8, 4) is 0 Å². The lowest BCUT2D eigenvalue weighted by molar-refractivity contribution is 0.182. The zero-order valence-electron chi connectivity index (χ0n) is 23.8. The van der Waals surface area contributed by atoms with Crippen LogP contribution in [0, 0.1) is 0 Å². The molecule has 222 valence electrons. The second-order valence-electron chi connectivity index (χ2n) is 11.4. The molecule has 10 nitrogen and oxygen atoms in total. The minimum absolute atomic E-state index is 0.0271. The van der Waals surface area contributed by atoms with Crippen LogP contribution in [-0.2, 0) is 19.6 Å². The summed E-state index contributed by atoms with van der Waals surface area (Å²) < 4.78 is 7.31. The summed E-state index contributed by atoms with van der Waals surface area (Å²) in [5.74, 6) is 0. The molecular weight excluding hydrogens is 566 g/mol. The Morgan fingerprint density at radius 3 is 1.84 bits per heavy atom. The van der Waals surface area contributed by atoms with E-state index in [4.69, 9.17) is 11.6 Å². The number of aromatic nitrogens is 6. The first-order valence-corrected chi connectivity index (χ1v) is 15.3. The summed E-state index contributed by atoms with van der Waals surface area (Å²) in [6.07, 6.45) is 3.26. The minimum atomic E-state index is -0.140. The summed E-state index contributed by atoms with van der Waals surface area (Å²) in [6.45, 7) is 4.35. The van der Waals surface area contributed by atoms with E-state index in [0.717, 1.165) is 72.0 Å². The first kappa shape index (κ1) is 27.5. The first-order valence-electron chi connectivity index (χ1n) is 15.0. The second-order valence-corrected chi connectivity index (χ2v) is 11.9. The van der Waals surface area contributed by atoms with Crippen LogP contribution in [0.1, 0.15) is 31.7 Å². The highest BCUT2D eigenvalue weighted by Crippen LogP contribution is 2.28. The van der Waals surface area contributed by atoms with E-state index in [9.17, 15) is 14.4 Å². The van der Waals surface area contributed by atoms with E-state index >= 15 is 0 Å². The predicted octanol–water partition coefficient (Wildman–Crippen LogP) is 4.56. The molecule has 4 heterocycles. The van der Waals surface area contributed by atoms with Crippen LogP contribution in [0.15, 0.2) is 81.1 Å². The fourth-order valence-electron chi connectivity index (χ4n) is 6.72. The monoisotopic (exact) mass is 599 g/mol. The zero-order valence-corrected chi connectivity index (χ0v) is 24.6. The Balaban J connectivity index is 1.03. The number of imidazole rings is 3. The van der Waals surface area contributed by atoms with Gasteiger partial charge in [0, 0.05) is 43.8 Å². The van der Waals surface area contributed by atoms with Crippen LogP contribution in [0.4, 0.5) is 0 Å². The van der Waals surface area contributed by atoms with Gasteiger partial charge in [-0.3, -0.25) is 18.3 Å². The van der Waals surface area contributed by atoms with Gasteiger partial charge in [-0.05, 0) is 74.7 Å². The average molecular weight is 600 g/mol. The van der Waals surface area contributed by atoms with Crippen LogP contribution in [0.25, 0.3) is 33.1 Å². The van der Waals surface area contributed by atoms with Crippen molar-refractivity contribution in [2.24, 2.45) is 0 Å². The highest BCUT2D eigenvalue weighted by molar-refractivity contribution is 6.31. The van der Waals surface area contributed by atoms with E-state index in [-0.39, 0.29) is 23.1 Å². The third-order valence-electron chi connectivity index (χ3n) is 8.83. The lowest BCUT2D eigenvalue weighted by Crippen LogP contribution is -2.38. The topological polar surface area (TPSA) is 106 Å². The van der Waals surface area contributed by atoms with Crippen molar-refractivity contribution in [1.29, 1.82) is 0 Å². The van der Waals surface area contributed by atoms with Crippen LogP contribution in [0.2, 0.25) is 5.02 Å². The Labute approximate surface area is 251 Å². The summed E-state index contributed by atoms with van der Waals surface area (Å²) in [4.78, 5) is 47.1. The van der Waals surface area contributed by atoms with Crippen molar-refractivity contribution in [3.63, 3.8) is 0 Å². The van der Waals surface area contributed by atoms with E-state index in [2.05, 4.69) is 14.9 Å². The summed E-state index contributed by atoms with van der Waals surface area (Å²) in [5, 5.41) is 0.593. The predicted molar refractivity (Wildman–Crippen MR) is 170 cm³/mol. The van der Waals surface area contributed by atoms with Gasteiger partial charge in [0.2, 0.25) is 0 Å². The summed E-state index contributed by atoms with van der Waals surface area (Å²) >= 11 is 6.38. The fraction of sp³-hybridized carbons (Fsp3) is 0.344. The molecular formula is C32H34ClN7O3. The standard InChI is InChI=1S/C32H34ClN7O3/c33-22-11-12-28-29(21-22)39(18-6-17-38-27-10-4-2-8-25(27)35-31(38)42)32(43)40(28)23-13-19-36(20-14-23)15-5-16-37-26-9-3-1-7-24(26)34-30(37)41/h1-4,7-12,21,23H,5-6,13-20H2,(H,34,41)(H,35,42). The molecule has 1 aliphatic heterocycles. The number of para-hydroxylation sites is 4. The minimum Gasteiger partial charge on any atom is -0.306 e. The Bertz CT molecular complexity index is 2100. The number of nitrogens with one attached hydrogen (secondary N) is 2. The molecule has 0 unspecified atom stereocenters. The van der Waals surface area contributed by atoms with E-state index in [0.29, 0.717) is 31.1 Å². The molecule has 43 heavy (non-hydrogen) atoms. The van der Waals surface area contributed by atoms with Gasteiger partial charge in [-0.1, -0.05) is 35.9 Å².